The van der Waals surface area contributed by atoms with Gasteiger partial charge >= 0.3 is 0 Å². The van der Waals surface area contributed by atoms with Crippen molar-refractivity contribution in [1.82, 2.24) is 0 Å². The zero-order valence-corrected chi connectivity index (χ0v) is 8.55. The lowest BCUT2D eigenvalue weighted by Crippen LogP contribution is -2.08. The molecule has 72 valence electrons. The second kappa shape index (κ2) is 3.27. The van der Waals surface area contributed by atoms with Crippen LogP contribution >= 0.6 is 0 Å². The van der Waals surface area contributed by atoms with Crippen LogP contribution in [0.4, 0.5) is 0 Å². The Balaban J connectivity index is 1.86. The molecule has 0 spiro atoms. The summed E-state index contributed by atoms with van der Waals surface area (Å²) in [5.74, 6) is 0. The van der Waals surface area contributed by atoms with E-state index >= 15 is 0 Å². The minimum Gasteiger partial charge on any atom is -0.0841 e. The Labute approximate surface area is 85.7 Å². The van der Waals surface area contributed by atoms with Gasteiger partial charge in [-0.15, -0.1) is 0 Å². The van der Waals surface area contributed by atoms with E-state index in [0.717, 1.165) is 0 Å². The highest BCUT2D eigenvalue weighted by Gasteiger charge is 2.20. The molecule has 0 heteroatoms. The molecule has 0 fully saturated rings. The molecule has 0 aromatic rings. The summed E-state index contributed by atoms with van der Waals surface area (Å²) in [4.78, 5) is 0. The summed E-state index contributed by atoms with van der Waals surface area (Å²) >= 11 is 0. The van der Waals surface area contributed by atoms with Crippen molar-refractivity contribution in [3.8, 4) is 0 Å². The molecule has 0 radical (unpaired) electrons. The lowest BCUT2D eigenvalue weighted by Gasteiger charge is -2.28. The number of hydrogen-bond acceptors (Lipinski definition) is 0. The van der Waals surface area contributed by atoms with Crippen molar-refractivity contribution in [3.63, 3.8) is 0 Å². The molecule has 3 rings (SSSR count). The number of rotatable bonds is 0. The van der Waals surface area contributed by atoms with Crippen LogP contribution in [0.1, 0.15) is 38.5 Å². The molecule has 0 amide bonds. The molecule has 0 aromatic heterocycles. The number of hydrogen-bond donors (Lipinski definition) is 0. The van der Waals surface area contributed by atoms with E-state index in [9.17, 15) is 0 Å². The maximum absolute atomic E-state index is 2.34. The fourth-order valence-corrected chi connectivity index (χ4v) is 2.78. The van der Waals surface area contributed by atoms with Crippen molar-refractivity contribution >= 4 is 0 Å². The smallest absolute Gasteiger partial charge is 0.00964 e. The minimum atomic E-state index is 1.22. The Kier molecular flexibility index (Phi) is 1.93. The summed E-state index contributed by atoms with van der Waals surface area (Å²) in [7, 11) is 0. The summed E-state index contributed by atoms with van der Waals surface area (Å²) in [5, 5.41) is 0. The van der Waals surface area contributed by atoms with Gasteiger partial charge < -0.3 is 0 Å². The fraction of sp³-hybridized carbons (Fsp3) is 0.429. The Morgan fingerprint density at radius 1 is 0.500 bits per heavy atom. The van der Waals surface area contributed by atoms with Gasteiger partial charge in [-0.05, 0) is 38.5 Å². The van der Waals surface area contributed by atoms with Gasteiger partial charge in [0.2, 0.25) is 0 Å². The maximum Gasteiger partial charge on any atom is -0.00964 e. The highest BCUT2D eigenvalue weighted by molar-refractivity contribution is 5.41. The minimum absolute atomic E-state index is 1.22. The van der Waals surface area contributed by atoms with Gasteiger partial charge in [-0.2, -0.15) is 0 Å². The van der Waals surface area contributed by atoms with E-state index in [1.54, 1.807) is 22.3 Å². The SMILES string of the molecule is C1=CCC2=C(C1)CC1=C(CC=CC1)C2. The van der Waals surface area contributed by atoms with Gasteiger partial charge in [-0.3, -0.25) is 0 Å². The predicted molar refractivity (Wildman–Crippen MR) is 60.0 cm³/mol. The zero-order chi connectivity index (χ0) is 9.38. The molecule has 3 aliphatic carbocycles. The van der Waals surface area contributed by atoms with Crippen molar-refractivity contribution in [2.24, 2.45) is 0 Å². The van der Waals surface area contributed by atoms with E-state index in [4.69, 9.17) is 0 Å². The van der Waals surface area contributed by atoms with Crippen LogP contribution in [0.5, 0.6) is 0 Å². The molecule has 0 aliphatic heterocycles. The second-order valence-electron chi connectivity index (χ2n) is 4.53. The molecular weight excluding hydrogens is 168 g/mol. The number of allylic oxidation sites excluding steroid dienone is 8. The fourth-order valence-electron chi connectivity index (χ4n) is 2.78. The van der Waals surface area contributed by atoms with Gasteiger partial charge in [0.25, 0.3) is 0 Å². The Bertz CT molecular complexity index is 305. The standard InChI is InChI=1S/C14H16/c1-2-6-12-10-14-8-4-3-7-13(14)9-11(12)5-1/h1-4H,5-10H2. The Hall–Kier alpha value is -1.04. The molecule has 14 heavy (non-hydrogen) atoms. The van der Waals surface area contributed by atoms with Crippen LogP contribution in [-0.4, -0.2) is 0 Å². The molecule has 0 saturated carbocycles. The summed E-state index contributed by atoms with van der Waals surface area (Å²) < 4.78 is 0. The molecular formula is C14H16. The Morgan fingerprint density at radius 2 is 0.786 bits per heavy atom. The van der Waals surface area contributed by atoms with E-state index in [-0.39, 0.29) is 0 Å². The first-order chi connectivity index (χ1) is 6.93. The first-order valence-corrected chi connectivity index (χ1v) is 5.63. The monoisotopic (exact) mass is 184 g/mol. The summed E-state index contributed by atoms with van der Waals surface area (Å²) in [6, 6.07) is 0. The average molecular weight is 184 g/mol. The second-order valence-corrected chi connectivity index (χ2v) is 4.53. The van der Waals surface area contributed by atoms with Crippen molar-refractivity contribution in [2.45, 2.75) is 38.5 Å². The molecule has 0 bridgehead atoms. The van der Waals surface area contributed by atoms with E-state index < -0.39 is 0 Å². The molecule has 0 unspecified atom stereocenters. The van der Waals surface area contributed by atoms with Crippen LogP contribution in [-0.2, 0) is 0 Å². The first kappa shape index (κ1) is 8.28. The quantitative estimate of drug-likeness (QED) is 0.498. The van der Waals surface area contributed by atoms with Crippen LogP contribution < -0.4 is 0 Å². The molecule has 0 aromatic carbocycles. The molecule has 0 N–H and O–H groups in total. The van der Waals surface area contributed by atoms with Crippen LogP contribution in [0.2, 0.25) is 0 Å². The highest BCUT2D eigenvalue weighted by Crippen LogP contribution is 2.39. The topological polar surface area (TPSA) is 0 Å². The van der Waals surface area contributed by atoms with Gasteiger partial charge in [0, 0.05) is 0 Å². The van der Waals surface area contributed by atoms with Gasteiger partial charge in [0.15, 0.2) is 0 Å². The third kappa shape index (κ3) is 1.30. The lowest BCUT2D eigenvalue weighted by atomic mass is 9.78. The van der Waals surface area contributed by atoms with Crippen molar-refractivity contribution < 1.29 is 0 Å². The van der Waals surface area contributed by atoms with Crippen molar-refractivity contribution in [3.05, 3.63) is 46.6 Å². The van der Waals surface area contributed by atoms with Gasteiger partial charge in [-0.25, -0.2) is 0 Å². The van der Waals surface area contributed by atoms with Gasteiger partial charge in [0.1, 0.15) is 0 Å². The third-order valence-electron chi connectivity index (χ3n) is 3.64. The largest absolute Gasteiger partial charge is 0.0841 e. The van der Waals surface area contributed by atoms with E-state index in [2.05, 4.69) is 24.3 Å². The van der Waals surface area contributed by atoms with E-state index in [1.165, 1.54) is 38.5 Å². The first-order valence-electron chi connectivity index (χ1n) is 5.63. The maximum atomic E-state index is 2.34. The van der Waals surface area contributed by atoms with E-state index in [0.29, 0.717) is 0 Å². The third-order valence-corrected chi connectivity index (χ3v) is 3.64. The molecule has 3 aliphatic rings. The Morgan fingerprint density at radius 3 is 1.07 bits per heavy atom. The van der Waals surface area contributed by atoms with E-state index in [1.807, 2.05) is 0 Å². The summed E-state index contributed by atoms with van der Waals surface area (Å²) in [6.07, 6.45) is 16.8. The average Bonchev–Trinajstić information content (AvgIpc) is 2.26. The van der Waals surface area contributed by atoms with Crippen LogP contribution in [0.3, 0.4) is 0 Å². The lowest BCUT2D eigenvalue weighted by molar-refractivity contribution is 0.802. The molecule has 0 saturated heterocycles. The van der Waals surface area contributed by atoms with Crippen molar-refractivity contribution in [2.75, 3.05) is 0 Å². The summed E-state index contributed by atoms with van der Waals surface area (Å²) in [6.45, 7) is 0. The molecule has 0 atom stereocenters. The zero-order valence-electron chi connectivity index (χ0n) is 8.55. The summed E-state index contributed by atoms with van der Waals surface area (Å²) in [5.41, 5.74) is 6.89. The van der Waals surface area contributed by atoms with Crippen LogP contribution in [0.25, 0.3) is 0 Å². The van der Waals surface area contributed by atoms with Gasteiger partial charge in [-0.1, -0.05) is 46.6 Å². The van der Waals surface area contributed by atoms with Gasteiger partial charge in [0.05, 0.1) is 0 Å². The normalized spacial score (nSPS) is 25.1. The van der Waals surface area contributed by atoms with Crippen LogP contribution in [0, 0.1) is 0 Å². The molecule has 0 heterocycles. The molecule has 0 nitrogen and oxygen atoms in total. The van der Waals surface area contributed by atoms with Crippen LogP contribution in [0.15, 0.2) is 46.6 Å². The highest BCUT2D eigenvalue weighted by atomic mass is 14.3. The van der Waals surface area contributed by atoms with Crippen molar-refractivity contribution in [1.29, 1.82) is 0 Å². The predicted octanol–water partition coefficient (Wildman–Crippen LogP) is 4.07.